The Morgan fingerprint density at radius 1 is 1.14 bits per heavy atom. The van der Waals surface area contributed by atoms with E-state index < -0.39 is 0 Å². The summed E-state index contributed by atoms with van der Waals surface area (Å²) >= 11 is 6.23. The first kappa shape index (κ1) is 15.7. The third-order valence-corrected chi connectivity index (χ3v) is 3.67. The van der Waals surface area contributed by atoms with E-state index in [1.165, 1.54) is 5.56 Å². The van der Waals surface area contributed by atoms with E-state index in [0.29, 0.717) is 17.5 Å². The van der Waals surface area contributed by atoms with Crippen molar-refractivity contribution < 1.29 is 4.74 Å². The molecule has 3 heteroatoms. The molecule has 0 aliphatic carbocycles. The summed E-state index contributed by atoms with van der Waals surface area (Å²) in [5, 5.41) is 4.08. The van der Waals surface area contributed by atoms with Gasteiger partial charge in [-0.15, -0.1) is 0 Å². The van der Waals surface area contributed by atoms with Gasteiger partial charge in [-0.25, -0.2) is 0 Å². The van der Waals surface area contributed by atoms with Gasteiger partial charge in [-0.05, 0) is 36.1 Å². The minimum Gasteiger partial charge on any atom is -0.492 e. The Balaban J connectivity index is 1.93. The summed E-state index contributed by atoms with van der Waals surface area (Å²) in [6.45, 7) is 5.85. The molecular weight excluding hydrogens is 282 g/mol. The second kappa shape index (κ2) is 7.94. The van der Waals surface area contributed by atoms with Crippen molar-refractivity contribution in [3.05, 3.63) is 59.1 Å². The summed E-state index contributed by atoms with van der Waals surface area (Å²) in [5.74, 6) is 1.20. The van der Waals surface area contributed by atoms with Crippen molar-refractivity contribution in [3.8, 4) is 5.75 Å². The Hall–Kier alpha value is -1.67. The molecule has 0 bridgehead atoms. The van der Waals surface area contributed by atoms with Crippen LogP contribution in [0.5, 0.6) is 5.75 Å². The summed E-state index contributed by atoms with van der Waals surface area (Å²) in [5.41, 5.74) is 2.35. The molecule has 0 aromatic heterocycles. The maximum Gasteiger partial charge on any atom is 0.138 e. The summed E-state index contributed by atoms with van der Waals surface area (Å²) < 4.78 is 5.58. The molecule has 0 spiro atoms. The largest absolute Gasteiger partial charge is 0.492 e. The Bertz CT molecular complexity index is 556. The van der Waals surface area contributed by atoms with E-state index in [9.17, 15) is 0 Å². The molecule has 112 valence electrons. The van der Waals surface area contributed by atoms with E-state index in [4.69, 9.17) is 16.3 Å². The fraction of sp³-hybridized carbons (Fsp3) is 0.333. The Labute approximate surface area is 132 Å². The third-order valence-electron chi connectivity index (χ3n) is 3.37. The molecule has 1 unspecified atom stereocenters. The molecule has 1 atom stereocenters. The van der Waals surface area contributed by atoms with Crippen molar-refractivity contribution in [3.63, 3.8) is 0 Å². The lowest BCUT2D eigenvalue weighted by Gasteiger charge is -2.15. The predicted octanol–water partition coefficient (Wildman–Crippen LogP) is 5.34. The SMILES string of the molecule is CCCOc1ccc(NCC(C)c2ccccc2)cc1Cl. The number of hydrogen-bond acceptors (Lipinski definition) is 2. The lowest BCUT2D eigenvalue weighted by molar-refractivity contribution is 0.317. The molecule has 0 amide bonds. The van der Waals surface area contributed by atoms with Gasteiger partial charge >= 0.3 is 0 Å². The van der Waals surface area contributed by atoms with Crippen LogP contribution in [0, 0.1) is 0 Å². The van der Waals surface area contributed by atoms with Gasteiger partial charge in [0.25, 0.3) is 0 Å². The van der Waals surface area contributed by atoms with Gasteiger partial charge in [0.2, 0.25) is 0 Å². The van der Waals surface area contributed by atoms with Crippen LogP contribution in [0.15, 0.2) is 48.5 Å². The van der Waals surface area contributed by atoms with Gasteiger partial charge in [-0.3, -0.25) is 0 Å². The van der Waals surface area contributed by atoms with E-state index in [-0.39, 0.29) is 0 Å². The smallest absolute Gasteiger partial charge is 0.138 e. The molecule has 2 aromatic rings. The zero-order valence-electron chi connectivity index (χ0n) is 12.6. The van der Waals surface area contributed by atoms with Crippen LogP contribution in [-0.4, -0.2) is 13.2 Å². The minimum absolute atomic E-state index is 0.445. The Kier molecular flexibility index (Phi) is 5.94. The molecule has 2 aromatic carbocycles. The van der Waals surface area contributed by atoms with Crippen LogP contribution in [0.1, 0.15) is 31.7 Å². The van der Waals surface area contributed by atoms with E-state index >= 15 is 0 Å². The van der Waals surface area contributed by atoms with Crippen LogP contribution in [0.3, 0.4) is 0 Å². The standard InChI is InChI=1S/C18H22ClNO/c1-3-11-21-18-10-9-16(12-17(18)19)20-13-14(2)15-7-5-4-6-8-15/h4-10,12,14,20H,3,11,13H2,1-2H3. The predicted molar refractivity (Wildman–Crippen MR) is 90.6 cm³/mol. The normalized spacial score (nSPS) is 12.0. The fourth-order valence-corrected chi connectivity index (χ4v) is 2.35. The highest BCUT2D eigenvalue weighted by molar-refractivity contribution is 6.32. The van der Waals surface area contributed by atoms with Crippen LogP contribution in [0.4, 0.5) is 5.69 Å². The second-order valence-electron chi connectivity index (χ2n) is 5.19. The van der Waals surface area contributed by atoms with Crippen LogP contribution in [0.25, 0.3) is 0 Å². The fourth-order valence-electron chi connectivity index (χ4n) is 2.11. The average Bonchev–Trinajstić information content (AvgIpc) is 2.52. The summed E-state index contributed by atoms with van der Waals surface area (Å²) in [6.07, 6.45) is 0.977. The summed E-state index contributed by atoms with van der Waals surface area (Å²) in [6, 6.07) is 16.3. The van der Waals surface area contributed by atoms with Crippen molar-refractivity contribution in [1.29, 1.82) is 0 Å². The number of rotatable bonds is 7. The van der Waals surface area contributed by atoms with Gasteiger partial charge in [0.1, 0.15) is 5.75 Å². The van der Waals surface area contributed by atoms with E-state index in [1.807, 2.05) is 24.3 Å². The molecular formula is C18H22ClNO. The van der Waals surface area contributed by atoms with Crippen LogP contribution in [0.2, 0.25) is 5.02 Å². The molecule has 0 saturated carbocycles. The lowest BCUT2D eigenvalue weighted by atomic mass is 10.0. The first-order valence-corrected chi connectivity index (χ1v) is 7.79. The monoisotopic (exact) mass is 303 g/mol. The van der Waals surface area contributed by atoms with Crippen molar-refractivity contribution >= 4 is 17.3 Å². The Morgan fingerprint density at radius 3 is 2.57 bits per heavy atom. The molecule has 0 radical (unpaired) electrons. The first-order chi connectivity index (χ1) is 10.2. The second-order valence-corrected chi connectivity index (χ2v) is 5.59. The first-order valence-electron chi connectivity index (χ1n) is 7.42. The number of nitrogens with one attached hydrogen (secondary N) is 1. The van der Waals surface area contributed by atoms with Gasteiger partial charge in [0.05, 0.1) is 11.6 Å². The van der Waals surface area contributed by atoms with Crippen LogP contribution < -0.4 is 10.1 Å². The van der Waals surface area contributed by atoms with Crippen molar-refractivity contribution in [2.45, 2.75) is 26.2 Å². The molecule has 2 nitrogen and oxygen atoms in total. The quantitative estimate of drug-likeness (QED) is 0.745. The number of benzene rings is 2. The minimum atomic E-state index is 0.445. The maximum absolute atomic E-state index is 6.23. The van der Waals surface area contributed by atoms with Gasteiger partial charge in [0, 0.05) is 12.2 Å². The summed E-state index contributed by atoms with van der Waals surface area (Å²) in [4.78, 5) is 0. The van der Waals surface area contributed by atoms with Crippen molar-refractivity contribution in [2.75, 3.05) is 18.5 Å². The zero-order chi connectivity index (χ0) is 15.1. The van der Waals surface area contributed by atoms with Crippen molar-refractivity contribution in [2.24, 2.45) is 0 Å². The van der Waals surface area contributed by atoms with Crippen molar-refractivity contribution in [1.82, 2.24) is 0 Å². The highest BCUT2D eigenvalue weighted by Gasteiger charge is 2.06. The van der Waals surface area contributed by atoms with Crippen LogP contribution in [-0.2, 0) is 0 Å². The third kappa shape index (κ3) is 4.68. The van der Waals surface area contributed by atoms with E-state index in [0.717, 1.165) is 24.4 Å². The summed E-state index contributed by atoms with van der Waals surface area (Å²) in [7, 11) is 0. The van der Waals surface area contributed by atoms with E-state index in [1.54, 1.807) is 0 Å². The van der Waals surface area contributed by atoms with E-state index in [2.05, 4.69) is 43.4 Å². The highest BCUT2D eigenvalue weighted by Crippen LogP contribution is 2.28. The van der Waals surface area contributed by atoms with Gasteiger partial charge in [-0.1, -0.05) is 55.8 Å². The molecule has 0 aliphatic rings. The number of hydrogen-bond donors (Lipinski definition) is 1. The topological polar surface area (TPSA) is 21.3 Å². The molecule has 21 heavy (non-hydrogen) atoms. The zero-order valence-corrected chi connectivity index (χ0v) is 13.4. The molecule has 0 saturated heterocycles. The number of halogens is 1. The molecule has 1 N–H and O–H groups in total. The molecule has 2 rings (SSSR count). The molecule has 0 heterocycles. The van der Waals surface area contributed by atoms with Gasteiger partial charge in [-0.2, -0.15) is 0 Å². The van der Waals surface area contributed by atoms with Gasteiger partial charge in [0.15, 0.2) is 0 Å². The van der Waals surface area contributed by atoms with Crippen LogP contribution >= 0.6 is 11.6 Å². The van der Waals surface area contributed by atoms with Gasteiger partial charge < -0.3 is 10.1 Å². The average molecular weight is 304 g/mol. The Morgan fingerprint density at radius 2 is 1.90 bits per heavy atom. The molecule has 0 aliphatic heterocycles. The lowest BCUT2D eigenvalue weighted by Crippen LogP contribution is -2.09. The maximum atomic E-state index is 6.23. The number of anilines is 1. The molecule has 0 fully saturated rings. The number of ether oxygens (including phenoxy) is 1. The highest BCUT2D eigenvalue weighted by atomic mass is 35.5.